The third-order valence-electron chi connectivity index (χ3n) is 7.79. The average molecular weight is 569 g/mol. The quantitative estimate of drug-likeness (QED) is 0.180. The fourth-order valence-corrected chi connectivity index (χ4v) is 5.69. The molecule has 5 heteroatoms. The van der Waals surface area contributed by atoms with Gasteiger partial charge in [0.2, 0.25) is 0 Å². The van der Waals surface area contributed by atoms with E-state index in [1.807, 2.05) is 30.6 Å². The Bertz CT molecular complexity index is 2190. The van der Waals surface area contributed by atoms with Crippen molar-refractivity contribution in [2.45, 2.75) is 0 Å². The monoisotopic (exact) mass is 568 g/mol. The maximum Gasteiger partial charge on any atom is 0.143 e. The van der Waals surface area contributed by atoms with Gasteiger partial charge in [-0.2, -0.15) is 0 Å². The predicted octanol–water partition coefficient (Wildman–Crippen LogP) is 9.79. The van der Waals surface area contributed by atoms with Gasteiger partial charge in [0.05, 0.1) is 0 Å². The molecule has 2 heterocycles. The summed E-state index contributed by atoms with van der Waals surface area (Å²) in [4.78, 5) is 16.7. The second-order valence-corrected chi connectivity index (χ2v) is 10.5. The fourth-order valence-electron chi connectivity index (χ4n) is 5.69. The molecule has 0 saturated heterocycles. The first-order valence-electron chi connectivity index (χ1n) is 14.3. The van der Waals surface area contributed by atoms with Crippen molar-refractivity contribution < 1.29 is 4.42 Å². The lowest BCUT2D eigenvalue weighted by atomic mass is 9.92. The molecule has 0 spiro atoms. The maximum absolute atomic E-state index is 6.36. The van der Waals surface area contributed by atoms with Crippen LogP contribution in [0.3, 0.4) is 0 Å². The molecule has 7 rings (SSSR count). The molecule has 44 heavy (non-hydrogen) atoms. The number of nitrogens with zero attached hydrogens (tertiary/aromatic N) is 4. The van der Waals surface area contributed by atoms with E-state index in [9.17, 15) is 0 Å². The lowest BCUT2D eigenvalue weighted by Gasteiger charge is -2.13. The van der Waals surface area contributed by atoms with Crippen LogP contribution in [-0.2, 0) is 0 Å². The number of aromatic nitrogens is 2. The van der Waals surface area contributed by atoms with Gasteiger partial charge in [0, 0.05) is 59.3 Å². The topological polar surface area (TPSA) is 63.6 Å². The summed E-state index contributed by atoms with van der Waals surface area (Å²) < 4.78 is 6.36. The van der Waals surface area contributed by atoms with Crippen LogP contribution in [0.2, 0.25) is 0 Å². The number of rotatable bonds is 7. The normalized spacial score (nSPS) is 11.9. The van der Waals surface area contributed by atoms with Gasteiger partial charge < -0.3 is 4.42 Å². The molecule has 7 aromatic rings. The zero-order chi connectivity index (χ0) is 29.9. The molecular weight excluding hydrogens is 540 g/mol. The minimum atomic E-state index is 0.893. The number of fused-ring (bicyclic) bond motifs is 3. The van der Waals surface area contributed by atoms with Crippen LogP contribution in [0.15, 0.2) is 149 Å². The molecular formula is C39H28N4O. The van der Waals surface area contributed by atoms with Gasteiger partial charge >= 0.3 is 0 Å². The van der Waals surface area contributed by atoms with E-state index in [1.165, 1.54) is 0 Å². The van der Waals surface area contributed by atoms with E-state index >= 15 is 0 Å². The second kappa shape index (κ2) is 11.7. The summed E-state index contributed by atoms with van der Waals surface area (Å²) in [5.74, 6) is 0. The van der Waals surface area contributed by atoms with Gasteiger partial charge in [-0.25, -0.2) is 9.97 Å². The Kier molecular flexibility index (Phi) is 7.19. The second-order valence-electron chi connectivity index (χ2n) is 10.5. The van der Waals surface area contributed by atoms with Crippen molar-refractivity contribution in [3.05, 3.63) is 140 Å². The van der Waals surface area contributed by atoms with E-state index in [4.69, 9.17) is 4.42 Å². The van der Waals surface area contributed by atoms with Gasteiger partial charge in [-0.3, -0.25) is 9.98 Å². The van der Waals surface area contributed by atoms with Crippen molar-refractivity contribution in [1.29, 1.82) is 0 Å². The summed E-state index contributed by atoms with van der Waals surface area (Å²) in [5, 5.41) is 2.24. The molecule has 0 fully saturated rings. The van der Waals surface area contributed by atoms with Crippen LogP contribution in [0.25, 0.3) is 72.0 Å². The molecule has 2 aromatic heterocycles. The van der Waals surface area contributed by atoms with Crippen LogP contribution in [-0.4, -0.2) is 29.9 Å². The molecule has 0 aliphatic carbocycles. The summed E-state index contributed by atoms with van der Waals surface area (Å²) in [6, 6.07) is 38.2. The van der Waals surface area contributed by atoms with Gasteiger partial charge in [-0.05, 0) is 76.0 Å². The Hall–Kier alpha value is -5.94. The first-order chi connectivity index (χ1) is 21.7. The van der Waals surface area contributed by atoms with E-state index in [1.54, 1.807) is 25.8 Å². The fraction of sp³-hybridized carbons (Fsp3) is 0.0256. The Morgan fingerprint density at radius 1 is 0.659 bits per heavy atom. The number of hydrogen-bond donors (Lipinski definition) is 0. The molecule has 0 atom stereocenters. The Morgan fingerprint density at radius 2 is 1.32 bits per heavy atom. The lowest BCUT2D eigenvalue weighted by Crippen LogP contribution is -1.90. The summed E-state index contributed by atoms with van der Waals surface area (Å²) >= 11 is 0. The molecule has 5 aromatic carbocycles. The SMILES string of the molecule is C=N/C=C(\C=N/C)c1ccc(-c2cc(-c3cncnc3)cc(-c3cccc(-c4cccc5c4oc4ccccc45)c3)c2)cc1. The Labute approximate surface area is 255 Å². The van der Waals surface area contributed by atoms with Crippen LogP contribution in [0.1, 0.15) is 5.56 Å². The molecule has 0 bridgehead atoms. The van der Waals surface area contributed by atoms with Gasteiger partial charge in [-0.15, -0.1) is 0 Å². The van der Waals surface area contributed by atoms with Crippen LogP contribution in [0.5, 0.6) is 0 Å². The number of benzene rings is 5. The van der Waals surface area contributed by atoms with Crippen LogP contribution in [0, 0.1) is 0 Å². The summed E-state index contributed by atoms with van der Waals surface area (Å²) in [6.07, 6.45) is 8.76. The summed E-state index contributed by atoms with van der Waals surface area (Å²) in [5.41, 5.74) is 12.3. The molecule has 5 nitrogen and oxygen atoms in total. The molecule has 0 aliphatic rings. The highest BCUT2D eigenvalue weighted by Crippen LogP contribution is 2.38. The third kappa shape index (κ3) is 5.12. The number of furan rings is 1. The Balaban J connectivity index is 1.34. The molecule has 210 valence electrons. The minimum absolute atomic E-state index is 0.893. The standard InChI is InChI=1S/C39H28N4O/c1-40-21-33(22-41-2)27-15-13-26(14-16-27)30-18-31(20-32(19-30)34-23-42-25-43-24-34)28-7-5-8-29(17-28)35-10-6-11-37-36-9-3-4-12-38(36)44-39(35)37/h3-25H,1H2,2H3/b33-21+,41-22-. The molecule has 0 N–H and O–H groups in total. The van der Waals surface area contributed by atoms with Gasteiger partial charge in [0.15, 0.2) is 0 Å². The summed E-state index contributed by atoms with van der Waals surface area (Å²) in [7, 11) is 1.75. The van der Waals surface area contributed by atoms with Gasteiger partial charge in [0.25, 0.3) is 0 Å². The summed E-state index contributed by atoms with van der Waals surface area (Å²) in [6.45, 7) is 3.60. The van der Waals surface area contributed by atoms with Crippen molar-refractivity contribution in [3.8, 4) is 44.5 Å². The zero-order valence-corrected chi connectivity index (χ0v) is 24.2. The minimum Gasteiger partial charge on any atom is -0.455 e. The van der Waals surface area contributed by atoms with Crippen molar-refractivity contribution in [1.82, 2.24) is 9.97 Å². The third-order valence-corrected chi connectivity index (χ3v) is 7.79. The zero-order valence-electron chi connectivity index (χ0n) is 24.2. The predicted molar refractivity (Wildman–Crippen MR) is 183 cm³/mol. The van der Waals surface area contributed by atoms with E-state index in [0.29, 0.717) is 0 Å². The largest absolute Gasteiger partial charge is 0.455 e. The smallest absolute Gasteiger partial charge is 0.143 e. The first kappa shape index (κ1) is 26.9. The van der Waals surface area contributed by atoms with Crippen molar-refractivity contribution in [2.75, 3.05) is 7.05 Å². The highest BCUT2D eigenvalue weighted by molar-refractivity contribution is 6.10. The van der Waals surface area contributed by atoms with Crippen LogP contribution < -0.4 is 0 Å². The van der Waals surface area contributed by atoms with E-state index in [2.05, 4.69) is 118 Å². The maximum atomic E-state index is 6.36. The van der Waals surface area contributed by atoms with E-state index in [0.717, 1.165) is 77.6 Å². The number of hydrogen-bond acceptors (Lipinski definition) is 5. The van der Waals surface area contributed by atoms with Gasteiger partial charge in [-0.1, -0.05) is 78.9 Å². The number of para-hydroxylation sites is 2. The van der Waals surface area contributed by atoms with E-state index in [-0.39, 0.29) is 0 Å². The van der Waals surface area contributed by atoms with Crippen LogP contribution in [0.4, 0.5) is 0 Å². The molecule has 0 aliphatic heterocycles. The van der Waals surface area contributed by atoms with Crippen molar-refractivity contribution in [2.24, 2.45) is 9.98 Å². The highest BCUT2D eigenvalue weighted by Gasteiger charge is 2.14. The average Bonchev–Trinajstić information content (AvgIpc) is 3.48. The molecule has 0 amide bonds. The Morgan fingerprint density at radius 3 is 2.09 bits per heavy atom. The highest BCUT2D eigenvalue weighted by atomic mass is 16.3. The molecule has 0 unspecified atom stereocenters. The van der Waals surface area contributed by atoms with Gasteiger partial charge in [0.1, 0.15) is 17.5 Å². The number of allylic oxidation sites excluding steroid dienone is 1. The lowest BCUT2D eigenvalue weighted by molar-refractivity contribution is 0.670. The van der Waals surface area contributed by atoms with Crippen molar-refractivity contribution in [3.63, 3.8) is 0 Å². The number of aliphatic imine (C=N–C) groups is 2. The van der Waals surface area contributed by atoms with Crippen molar-refractivity contribution >= 4 is 40.4 Å². The van der Waals surface area contributed by atoms with E-state index < -0.39 is 0 Å². The van der Waals surface area contributed by atoms with Crippen LogP contribution >= 0.6 is 0 Å². The molecule has 0 radical (unpaired) electrons. The molecule has 0 saturated carbocycles. The first-order valence-corrected chi connectivity index (χ1v) is 14.3.